The van der Waals surface area contributed by atoms with Crippen LogP contribution in [0, 0.1) is 13.8 Å². The molecule has 0 spiro atoms. The van der Waals surface area contributed by atoms with E-state index in [-0.39, 0.29) is 5.56 Å². The SMILES string of the molecule is CCc1nc2scc(-c3ccc(C)cc3)c2c(=O)n1C(CCc1ccc(C)cc1)C(=O)O. The normalized spacial score (nSPS) is 12.2. The zero-order chi connectivity index (χ0) is 22.8. The fourth-order valence-corrected chi connectivity index (χ4v) is 4.94. The summed E-state index contributed by atoms with van der Waals surface area (Å²) < 4.78 is 1.41. The summed E-state index contributed by atoms with van der Waals surface area (Å²) in [6.07, 6.45) is 1.37. The second-order valence-electron chi connectivity index (χ2n) is 8.13. The highest BCUT2D eigenvalue weighted by molar-refractivity contribution is 7.17. The third-order valence-electron chi connectivity index (χ3n) is 5.82. The Bertz CT molecular complexity index is 1320. The summed E-state index contributed by atoms with van der Waals surface area (Å²) in [5.74, 6) is -0.502. The number of carboxylic acids is 1. The number of aromatic nitrogens is 2. The van der Waals surface area contributed by atoms with Crippen LogP contribution in [0.25, 0.3) is 21.3 Å². The van der Waals surface area contributed by atoms with Gasteiger partial charge in [0.05, 0.1) is 5.39 Å². The first kappa shape index (κ1) is 22.0. The molecule has 1 unspecified atom stereocenters. The molecule has 4 rings (SSSR count). The third-order valence-corrected chi connectivity index (χ3v) is 6.69. The summed E-state index contributed by atoms with van der Waals surface area (Å²) in [6.45, 7) is 5.94. The van der Waals surface area contributed by atoms with Gasteiger partial charge in [-0.25, -0.2) is 9.78 Å². The number of hydrogen-bond donors (Lipinski definition) is 1. The highest BCUT2D eigenvalue weighted by Gasteiger charge is 2.26. The van der Waals surface area contributed by atoms with Crippen LogP contribution in [0.1, 0.15) is 41.9 Å². The highest BCUT2D eigenvalue weighted by atomic mass is 32.1. The van der Waals surface area contributed by atoms with Crippen LogP contribution in [0.4, 0.5) is 0 Å². The van der Waals surface area contributed by atoms with Crippen LogP contribution >= 0.6 is 11.3 Å². The van der Waals surface area contributed by atoms with Gasteiger partial charge >= 0.3 is 5.97 Å². The van der Waals surface area contributed by atoms with E-state index in [0.29, 0.717) is 35.3 Å². The summed E-state index contributed by atoms with van der Waals surface area (Å²) in [6, 6.07) is 15.1. The Balaban J connectivity index is 1.81. The lowest BCUT2D eigenvalue weighted by molar-refractivity contribution is -0.141. The van der Waals surface area contributed by atoms with Gasteiger partial charge in [0.15, 0.2) is 0 Å². The largest absolute Gasteiger partial charge is 0.480 e. The average molecular weight is 447 g/mol. The van der Waals surface area contributed by atoms with Gasteiger partial charge in [-0.3, -0.25) is 9.36 Å². The van der Waals surface area contributed by atoms with Crippen molar-refractivity contribution in [1.82, 2.24) is 9.55 Å². The molecule has 0 radical (unpaired) electrons. The van der Waals surface area contributed by atoms with E-state index in [1.165, 1.54) is 15.9 Å². The molecule has 0 aliphatic heterocycles. The first-order chi connectivity index (χ1) is 15.4. The van der Waals surface area contributed by atoms with Crippen LogP contribution < -0.4 is 5.56 Å². The van der Waals surface area contributed by atoms with Crippen LogP contribution in [0.2, 0.25) is 0 Å². The standard InChI is InChI=1S/C26H26N2O3S/c1-4-22-27-24-23(20(15-32-24)19-12-7-17(3)8-13-19)25(29)28(22)21(26(30)31)14-11-18-9-5-16(2)6-10-18/h5-10,12-13,15,21H,4,11,14H2,1-3H3,(H,30,31). The second kappa shape index (κ2) is 9.09. The number of aryl methyl sites for hydroxylation is 4. The number of fused-ring (bicyclic) bond motifs is 1. The molecule has 0 aliphatic carbocycles. The Hall–Kier alpha value is -3.25. The first-order valence-electron chi connectivity index (χ1n) is 10.8. The lowest BCUT2D eigenvalue weighted by Gasteiger charge is -2.19. The molecule has 0 fully saturated rings. The molecule has 2 aromatic heterocycles. The summed E-state index contributed by atoms with van der Waals surface area (Å²) in [7, 11) is 0. The number of hydrogen-bond acceptors (Lipinski definition) is 4. The summed E-state index contributed by atoms with van der Waals surface area (Å²) in [5.41, 5.74) is 4.81. The molecule has 0 bridgehead atoms. The van der Waals surface area contributed by atoms with E-state index in [0.717, 1.165) is 27.8 Å². The Morgan fingerprint density at radius 3 is 2.28 bits per heavy atom. The van der Waals surface area contributed by atoms with E-state index in [9.17, 15) is 14.7 Å². The van der Waals surface area contributed by atoms with Gasteiger partial charge in [-0.15, -0.1) is 11.3 Å². The van der Waals surface area contributed by atoms with Gasteiger partial charge in [-0.1, -0.05) is 66.6 Å². The van der Waals surface area contributed by atoms with Gasteiger partial charge < -0.3 is 5.11 Å². The van der Waals surface area contributed by atoms with E-state index >= 15 is 0 Å². The van der Waals surface area contributed by atoms with Crippen molar-refractivity contribution in [2.75, 3.05) is 0 Å². The predicted octanol–water partition coefficient (Wildman–Crippen LogP) is 5.56. The van der Waals surface area contributed by atoms with Gasteiger partial charge in [0.2, 0.25) is 0 Å². The molecule has 0 amide bonds. The molecular formula is C26H26N2O3S. The Kier molecular flexibility index (Phi) is 6.24. The van der Waals surface area contributed by atoms with Crippen LogP contribution in [0.15, 0.2) is 58.7 Å². The molecule has 0 aliphatic rings. The van der Waals surface area contributed by atoms with Gasteiger partial charge in [0.1, 0.15) is 16.7 Å². The highest BCUT2D eigenvalue weighted by Crippen LogP contribution is 2.32. The summed E-state index contributed by atoms with van der Waals surface area (Å²) >= 11 is 1.43. The molecule has 2 aromatic carbocycles. The fraction of sp³-hybridized carbons (Fsp3) is 0.269. The van der Waals surface area contributed by atoms with Crippen molar-refractivity contribution in [3.05, 3.63) is 86.8 Å². The van der Waals surface area contributed by atoms with Crippen LogP contribution in [0.5, 0.6) is 0 Å². The topological polar surface area (TPSA) is 72.2 Å². The van der Waals surface area contributed by atoms with Crippen molar-refractivity contribution in [3.8, 4) is 11.1 Å². The Morgan fingerprint density at radius 1 is 1.06 bits per heavy atom. The van der Waals surface area contributed by atoms with Crippen molar-refractivity contribution in [2.45, 2.75) is 46.1 Å². The van der Waals surface area contributed by atoms with Gasteiger partial charge in [-0.05, 0) is 37.8 Å². The number of carbonyl (C=O) groups is 1. The zero-order valence-electron chi connectivity index (χ0n) is 18.5. The fourth-order valence-electron chi connectivity index (χ4n) is 3.98. The van der Waals surface area contributed by atoms with Crippen molar-refractivity contribution in [3.63, 3.8) is 0 Å². The zero-order valence-corrected chi connectivity index (χ0v) is 19.3. The summed E-state index contributed by atoms with van der Waals surface area (Å²) in [5, 5.41) is 12.5. The molecule has 1 atom stereocenters. The van der Waals surface area contributed by atoms with Crippen LogP contribution in [0.3, 0.4) is 0 Å². The average Bonchev–Trinajstić information content (AvgIpc) is 3.21. The van der Waals surface area contributed by atoms with Gasteiger partial charge in [-0.2, -0.15) is 0 Å². The molecule has 5 nitrogen and oxygen atoms in total. The van der Waals surface area contributed by atoms with Gasteiger partial charge in [0.25, 0.3) is 5.56 Å². The van der Waals surface area contributed by atoms with E-state index in [1.807, 2.05) is 74.7 Å². The number of rotatable bonds is 7. The van der Waals surface area contributed by atoms with E-state index in [4.69, 9.17) is 4.98 Å². The second-order valence-corrected chi connectivity index (χ2v) is 8.99. The van der Waals surface area contributed by atoms with Gasteiger partial charge in [0, 0.05) is 17.4 Å². The maximum Gasteiger partial charge on any atom is 0.326 e. The number of nitrogens with zero attached hydrogens (tertiary/aromatic N) is 2. The maximum absolute atomic E-state index is 13.7. The smallest absolute Gasteiger partial charge is 0.326 e. The predicted molar refractivity (Wildman–Crippen MR) is 130 cm³/mol. The minimum atomic E-state index is -1.01. The van der Waals surface area contributed by atoms with Crippen molar-refractivity contribution >= 4 is 27.5 Å². The number of aliphatic carboxylic acids is 1. The van der Waals surface area contributed by atoms with Crippen LogP contribution in [-0.4, -0.2) is 20.6 Å². The quantitative estimate of drug-likeness (QED) is 0.403. The molecule has 1 N–H and O–H groups in total. The van der Waals surface area contributed by atoms with Crippen molar-refractivity contribution in [2.24, 2.45) is 0 Å². The minimum absolute atomic E-state index is 0.278. The lowest BCUT2D eigenvalue weighted by atomic mass is 10.0. The summed E-state index contributed by atoms with van der Waals surface area (Å²) in [4.78, 5) is 31.3. The number of thiophene rings is 1. The molecule has 4 aromatic rings. The van der Waals surface area contributed by atoms with E-state index < -0.39 is 12.0 Å². The minimum Gasteiger partial charge on any atom is -0.480 e. The van der Waals surface area contributed by atoms with Crippen molar-refractivity contribution < 1.29 is 9.90 Å². The molecular weight excluding hydrogens is 420 g/mol. The molecule has 2 heterocycles. The monoisotopic (exact) mass is 446 g/mol. The van der Waals surface area contributed by atoms with Crippen molar-refractivity contribution in [1.29, 1.82) is 0 Å². The number of carboxylic acid groups (broad SMARTS) is 1. The Morgan fingerprint density at radius 2 is 1.69 bits per heavy atom. The first-order valence-corrected chi connectivity index (χ1v) is 11.6. The molecule has 164 valence electrons. The van der Waals surface area contributed by atoms with E-state index in [1.54, 1.807) is 0 Å². The maximum atomic E-state index is 13.7. The number of benzene rings is 2. The molecule has 0 saturated carbocycles. The Labute approximate surface area is 191 Å². The van der Waals surface area contributed by atoms with Crippen LogP contribution in [-0.2, 0) is 17.6 Å². The molecule has 0 saturated heterocycles. The third kappa shape index (κ3) is 4.23. The molecule has 6 heteroatoms. The van der Waals surface area contributed by atoms with E-state index in [2.05, 4.69) is 0 Å². The lowest BCUT2D eigenvalue weighted by Crippen LogP contribution is -2.33. The molecule has 32 heavy (non-hydrogen) atoms.